The third kappa shape index (κ3) is 5.74. The maximum Gasteiger partial charge on any atom is 0.282 e. The molecule has 146 valence electrons. The van der Waals surface area contributed by atoms with Crippen LogP contribution in [0.5, 0.6) is 0 Å². The second-order valence-corrected chi connectivity index (χ2v) is 10.8. The number of aromatic nitrogens is 1. The first-order chi connectivity index (χ1) is 12.2. The molecule has 0 saturated heterocycles. The molecule has 0 unspecified atom stereocenters. The van der Waals surface area contributed by atoms with Gasteiger partial charge in [0.1, 0.15) is 5.01 Å². The van der Waals surface area contributed by atoms with E-state index in [-0.39, 0.29) is 0 Å². The molecule has 2 rings (SSSR count). The van der Waals surface area contributed by atoms with Gasteiger partial charge < -0.3 is 0 Å². The van der Waals surface area contributed by atoms with Gasteiger partial charge >= 0.3 is 0 Å². The van der Waals surface area contributed by atoms with Crippen molar-refractivity contribution in [2.75, 3.05) is 20.1 Å². The molecule has 0 amide bonds. The molecule has 0 aliphatic heterocycles. The van der Waals surface area contributed by atoms with Crippen molar-refractivity contribution in [1.29, 1.82) is 0 Å². The monoisotopic (exact) mass is 397 g/mol. The zero-order valence-corrected chi connectivity index (χ0v) is 18.1. The fraction of sp³-hybridized carbons (Fsp3) is 0.632. The molecule has 0 bridgehead atoms. The smallest absolute Gasteiger partial charge is 0.240 e. The Bertz CT molecular complexity index is 755. The number of hydrogen-bond donors (Lipinski definition) is 0. The summed E-state index contributed by atoms with van der Waals surface area (Å²) in [6.45, 7) is 9.93. The molecule has 1 aromatic heterocycles. The van der Waals surface area contributed by atoms with Crippen molar-refractivity contribution in [2.45, 2.75) is 47.1 Å². The van der Waals surface area contributed by atoms with Gasteiger partial charge in [-0.15, -0.1) is 11.3 Å². The van der Waals surface area contributed by atoms with Crippen LogP contribution in [0.3, 0.4) is 0 Å². The first-order valence-corrected chi connectivity index (χ1v) is 11.5. The van der Waals surface area contributed by atoms with Crippen LogP contribution >= 0.6 is 11.3 Å². The summed E-state index contributed by atoms with van der Waals surface area (Å²) in [7, 11) is -1.84. The van der Waals surface area contributed by atoms with Crippen LogP contribution in [0.2, 0.25) is 0 Å². The average molecular weight is 398 g/mol. The molecular weight excluding hydrogens is 366 g/mol. The molecule has 26 heavy (non-hydrogen) atoms. The van der Waals surface area contributed by atoms with Crippen molar-refractivity contribution in [3.8, 4) is 0 Å². The second kappa shape index (κ2) is 9.26. The average Bonchev–Trinajstić information content (AvgIpc) is 2.96. The number of nitrogens with zero attached hydrogens (tertiary/aromatic N) is 3. The summed E-state index contributed by atoms with van der Waals surface area (Å²) >= 11 is 1.55. The number of benzene rings is 1. The van der Waals surface area contributed by atoms with E-state index in [1.54, 1.807) is 22.7 Å². The fourth-order valence-corrected chi connectivity index (χ4v) is 5.06. The minimum absolute atomic E-state index is 0.307. The molecule has 0 saturated carbocycles. The number of hydrogen-bond acceptors (Lipinski definition) is 4. The maximum absolute atomic E-state index is 13.1. The Morgan fingerprint density at radius 1 is 1.04 bits per heavy atom. The summed E-state index contributed by atoms with van der Waals surface area (Å²) in [5.74, 6) is 0.947. The third-order valence-electron chi connectivity index (χ3n) is 4.33. The van der Waals surface area contributed by atoms with Gasteiger partial charge in [-0.25, -0.2) is 4.98 Å². The van der Waals surface area contributed by atoms with Gasteiger partial charge in [0.2, 0.25) is 0 Å². The molecule has 5 nitrogen and oxygen atoms in total. The van der Waals surface area contributed by atoms with Crippen LogP contribution in [0.1, 0.15) is 45.5 Å². The Hall–Kier alpha value is -1.02. The van der Waals surface area contributed by atoms with E-state index in [1.165, 1.54) is 4.31 Å². The van der Waals surface area contributed by atoms with Gasteiger partial charge in [-0.05, 0) is 36.8 Å². The molecule has 0 atom stereocenters. The van der Waals surface area contributed by atoms with Crippen LogP contribution in [0, 0.1) is 11.8 Å². The summed E-state index contributed by atoms with van der Waals surface area (Å²) in [6, 6.07) is 7.90. The zero-order valence-electron chi connectivity index (χ0n) is 16.5. The van der Waals surface area contributed by atoms with E-state index >= 15 is 0 Å². The first-order valence-electron chi connectivity index (χ1n) is 9.26. The zero-order chi connectivity index (χ0) is 19.3. The van der Waals surface area contributed by atoms with E-state index in [0.29, 0.717) is 31.5 Å². The van der Waals surface area contributed by atoms with E-state index in [2.05, 4.69) is 32.7 Å². The molecule has 1 aromatic carbocycles. The first kappa shape index (κ1) is 21.3. The fourth-order valence-electron chi connectivity index (χ4n) is 2.60. The molecule has 0 N–H and O–H groups in total. The third-order valence-corrected chi connectivity index (χ3v) is 7.28. The van der Waals surface area contributed by atoms with Crippen molar-refractivity contribution in [3.63, 3.8) is 0 Å². The quantitative estimate of drug-likeness (QED) is 0.598. The normalized spacial score (nSPS) is 13.0. The molecular formula is C19H31N3O2S2. The second-order valence-electron chi connectivity index (χ2n) is 7.60. The van der Waals surface area contributed by atoms with Crippen molar-refractivity contribution in [3.05, 3.63) is 29.3 Å². The van der Waals surface area contributed by atoms with Gasteiger partial charge in [-0.3, -0.25) is 0 Å². The summed E-state index contributed by atoms with van der Waals surface area (Å²) in [5.41, 5.74) is 0.926. The van der Waals surface area contributed by atoms with Crippen LogP contribution in [-0.4, -0.2) is 42.1 Å². The SMILES string of the molecule is CC(C)CCN(CCC(C)C)S(=O)(=O)N(C)Cc1nc2ccccc2s1. The summed E-state index contributed by atoms with van der Waals surface area (Å²) in [6.07, 6.45) is 1.73. The number of fused-ring (bicyclic) bond motifs is 1. The number of thiazole rings is 1. The van der Waals surface area contributed by atoms with Crippen LogP contribution < -0.4 is 0 Å². The van der Waals surface area contributed by atoms with Crippen molar-refractivity contribution in [1.82, 2.24) is 13.6 Å². The van der Waals surface area contributed by atoms with E-state index in [9.17, 15) is 8.42 Å². The molecule has 0 radical (unpaired) electrons. The summed E-state index contributed by atoms with van der Waals surface area (Å²) in [4.78, 5) is 4.57. The standard InChI is InChI=1S/C19H31N3O2S2/c1-15(2)10-12-22(13-11-16(3)4)26(23,24)21(5)14-19-20-17-8-6-7-9-18(17)25-19/h6-9,15-16H,10-14H2,1-5H3. The highest BCUT2D eigenvalue weighted by Crippen LogP contribution is 2.24. The van der Waals surface area contributed by atoms with E-state index in [4.69, 9.17) is 0 Å². The highest BCUT2D eigenvalue weighted by Gasteiger charge is 2.27. The molecule has 0 aliphatic rings. The minimum atomic E-state index is -3.49. The minimum Gasteiger partial charge on any atom is -0.240 e. The Morgan fingerprint density at radius 2 is 1.62 bits per heavy atom. The molecule has 1 heterocycles. The predicted octanol–water partition coefficient (Wildman–Crippen LogP) is 4.37. The number of rotatable bonds is 10. The van der Waals surface area contributed by atoms with Gasteiger partial charge in [0.25, 0.3) is 10.2 Å². The molecule has 7 heteroatoms. The lowest BCUT2D eigenvalue weighted by atomic mass is 10.1. The van der Waals surface area contributed by atoms with Crippen molar-refractivity contribution in [2.24, 2.45) is 11.8 Å². The lowest BCUT2D eigenvalue weighted by Gasteiger charge is -2.28. The van der Waals surface area contributed by atoms with Gasteiger partial charge in [0.15, 0.2) is 0 Å². The Kier molecular flexibility index (Phi) is 7.58. The molecule has 2 aromatic rings. The molecule has 0 spiro atoms. The van der Waals surface area contributed by atoms with E-state index in [0.717, 1.165) is 28.1 Å². The van der Waals surface area contributed by atoms with Gasteiger partial charge in [0.05, 0.1) is 16.8 Å². The Morgan fingerprint density at radius 3 is 2.15 bits per heavy atom. The molecule has 0 fully saturated rings. The van der Waals surface area contributed by atoms with Gasteiger partial charge in [0, 0.05) is 20.1 Å². The van der Waals surface area contributed by atoms with Crippen LogP contribution in [0.4, 0.5) is 0 Å². The largest absolute Gasteiger partial charge is 0.282 e. The Balaban J connectivity index is 2.13. The molecule has 0 aliphatic carbocycles. The maximum atomic E-state index is 13.1. The summed E-state index contributed by atoms with van der Waals surface area (Å²) in [5, 5.41) is 0.824. The topological polar surface area (TPSA) is 53.5 Å². The highest BCUT2D eigenvalue weighted by atomic mass is 32.2. The van der Waals surface area contributed by atoms with E-state index in [1.807, 2.05) is 24.3 Å². The lowest BCUT2D eigenvalue weighted by molar-refractivity contribution is 0.324. The highest BCUT2D eigenvalue weighted by molar-refractivity contribution is 7.86. The summed E-state index contributed by atoms with van der Waals surface area (Å²) < 4.78 is 30.4. The van der Waals surface area contributed by atoms with Crippen LogP contribution in [0.15, 0.2) is 24.3 Å². The Labute approximate surface area is 162 Å². The van der Waals surface area contributed by atoms with Gasteiger partial charge in [-0.2, -0.15) is 17.0 Å². The van der Waals surface area contributed by atoms with Gasteiger partial charge in [-0.1, -0.05) is 39.8 Å². The van der Waals surface area contributed by atoms with Crippen molar-refractivity contribution >= 4 is 31.8 Å². The lowest BCUT2D eigenvalue weighted by Crippen LogP contribution is -2.43. The number of para-hydroxylation sites is 1. The van der Waals surface area contributed by atoms with Crippen molar-refractivity contribution < 1.29 is 8.42 Å². The predicted molar refractivity (Wildman–Crippen MR) is 110 cm³/mol. The van der Waals surface area contributed by atoms with Crippen LogP contribution in [-0.2, 0) is 16.8 Å². The van der Waals surface area contributed by atoms with Crippen LogP contribution in [0.25, 0.3) is 10.2 Å². The van der Waals surface area contributed by atoms with E-state index < -0.39 is 10.2 Å².